The van der Waals surface area contributed by atoms with Crippen molar-refractivity contribution in [2.75, 3.05) is 18.0 Å². The molecule has 0 atom stereocenters. The Morgan fingerprint density at radius 2 is 2.05 bits per heavy atom. The Balaban J connectivity index is 2.21. The van der Waals surface area contributed by atoms with Gasteiger partial charge >= 0.3 is 6.18 Å². The van der Waals surface area contributed by atoms with Crippen LogP contribution in [-0.4, -0.2) is 25.3 Å². The van der Waals surface area contributed by atoms with E-state index in [1.165, 1.54) is 4.90 Å². The number of nitrogens with zero attached hydrogens (tertiary/aromatic N) is 1. The molecule has 1 aliphatic rings. The third kappa shape index (κ3) is 4.28. The molecule has 0 radical (unpaired) electrons. The minimum atomic E-state index is -4.24. The SMILES string of the molecule is CCN(CC(F)(F)F)c1c(Cl)cccc1CNC1CC1. The Kier molecular flexibility index (Phi) is 4.81. The largest absolute Gasteiger partial charge is 0.405 e. The molecule has 1 aromatic carbocycles. The Hall–Kier alpha value is -0.940. The zero-order valence-corrected chi connectivity index (χ0v) is 12.1. The van der Waals surface area contributed by atoms with E-state index in [0.717, 1.165) is 18.4 Å². The van der Waals surface area contributed by atoms with Gasteiger partial charge in [0.25, 0.3) is 0 Å². The van der Waals surface area contributed by atoms with E-state index < -0.39 is 12.7 Å². The molecule has 1 N–H and O–H groups in total. The van der Waals surface area contributed by atoms with Gasteiger partial charge in [0.2, 0.25) is 0 Å². The normalized spacial score (nSPS) is 15.4. The van der Waals surface area contributed by atoms with Crippen LogP contribution >= 0.6 is 11.6 Å². The number of halogens is 4. The highest BCUT2D eigenvalue weighted by atomic mass is 35.5. The fourth-order valence-electron chi connectivity index (χ4n) is 2.16. The van der Waals surface area contributed by atoms with Gasteiger partial charge in [-0.2, -0.15) is 13.2 Å². The summed E-state index contributed by atoms with van der Waals surface area (Å²) in [5.74, 6) is 0. The fraction of sp³-hybridized carbons (Fsp3) is 0.571. The van der Waals surface area contributed by atoms with E-state index >= 15 is 0 Å². The van der Waals surface area contributed by atoms with Crippen LogP contribution in [0.5, 0.6) is 0 Å². The van der Waals surface area contributed by atoms with Crippen molar-refractivity contribution in [3.8, 4) is 0 Å². The van der Waals surface area contributed by atoms with Crippen LogP contribution in [0.2, 0.25) is 5.02 Å². The van der Waals surface area contributed by atoms with E-state index in [-0.39, 0.29) is 6.54 Å². The van der Waals surface area contributed by atoms with Crippen molar-refractivity contribution >= 4 is 17.3 Å². The molecular weight excluding hydrogens is 289 g/mol. The van der Waals surface area contributed by atoms with Crippen LogP contribution in [-0.2, 0) is 6.54 Å². The van der Waals surface area contributed by atoms with E-state index in [1.54, 1.807) is 19.1 Å². The summed E-state index contributed by atoms with van der Waals surface area (Å²) in [4.78, 5) is 1.28. The van der Waals surface area contributed by atoms with Crippen LogP contribution in [0, 0.1) is 0 Å². The molecule has 1 saturated carbocycles. The van der Waals surface area contributed by atoms with Gasteiger partial charge in [-0.1, -0.05) is 23.7 Å². The van der Waals surface area contributed by atoms with Crippen LogP contribution in [0.3, 0.4) is 0 Å². The third-order valence-electron chi connectivity index (χ3n) is 3.30. The predicted octanol–water partition coefficient (Wildman–Crippen LogP) is 3.98. The van der Waals surface area contributed by atoms with Crippen molar-refractivity contribution in [3.05, 3.63) is 28.8 Å². The lowest BCUT2D eigenvalue weighted by molar-refractivity contribution is -0.119. The number of hydrogen-bond donors (Lipinski definition) is 1. The first kappa shape index (κ1) is 15.4. The second-order valence-electron chi connectivity index (χ2n) is 5.03. The highest BCUT2D eigenvalue weighted by Gasteiger charge is 2.32. The van der Waals surface area contributed by atoms with Crippen molar-refractivity contribution in [2.24, 2.45) is 0 Å². The van der Waals surface area contributed by atoms with Crippen molar-refractivity contribution in [3.63, 3.8) is 0 Å². The van der Waals surface area contributed by atoms with Crippen LogP contribution in [0.4, 0.5) is 18.9 Å². The van der Waals surface area contributed by atoms with E-state index in [0.29, 0.717) is 23.3 Å². The van der Waals surface area contributed by atoms with E-state index in [1.807, 2.05) is 6.07 Å². The number of alkyl halides is 3. The Bertz CT molecular complexity index is 458. The number of rotatable bonds is 6. The van der Waals surface area contributed by atoms with Crippen molar-refractivity contribution < 1.29 is 13.2 Å². The van der Waals surface area contributed by atoms with Gasteiger partial charge in [-0.25, -0.2) is 0 Å². The van der Waals surface area contributed by atoms with Gasteiger partial charge in [-0.3, -0.25) is 0 Å². The summed E-state index contributed by atoms with van der Waals surface area (Å²) in [6.45, 7) is 1.53. The summed E-state index contributed by atoms with van der Waals surface area (Å²) in [6, 6.07) is 5.74. The van der Waals surface area contributed by atoms with Gasteiger partial charge in [0, 0.05) is 19.1 Å². The second-order valence-corrected chi connectivity index (χ2v) is 5.44. The molecule has 20 heavy (non-hydrogen) atoms. The molecule has 0 aliphatic heterocycles. The molecule has 0 spiro atoms. The quantitative estimate of drug-likeness (QED) is 0.855. The highest BCUT2D eigenvalue weighted by Crippen LogP contribution is 2.32. The standard InChI is InChI=1S/C14H18ClF3N2/c1-2-20(9-14(16,17)18)13-10(4-3-5-12(13)15)8-19-11-6-7-11/h3-5,11,19H,2,6-9H2,1H3. The molecule has 2 rings (SSSR count). The maximum atomic E-state index is 12.7. The van der Waals surface area contributed by atoms with Gasteiger partial charge < -0.3 is 10.2 Å². The molecule has 112 valence electrons. The smallest absolute Gasteiger partial charge is 0.361 e. The zero-order chi connectivity index (χ0) is 14.8. The number of para-hydroxylation sites is 1. The minimum Gasteiger partial charge on any atom is -0.361 e. The average molecular weight is 307 g/mol. The molecule has 0 heterocycles. The summed E-state index contributed by atoms with van der Waals surface area (Å²) in [5, 5.41) is 3.68. The Labute approximate surface area is 121 Å². The van der Waals surface area contributed by atoms with Crippen LogP contribution in [0.25, 0.3) is 0 Å². The summed E-state index contributed by atoms with van der Waals surface area (Å²) in [7, 11) is 0. The monoisotopic (exact) mass is 306 g/mol. The molecule has 1 aliphatic carbocycles. The molecule has 1 aromatic rings. The lowest BCUT2D eigenvalue weighted by Gasteiger charge is -2.28. The van der Waals surface area contributed by atoms with Crippen LogP contribution < -0.4 is 10.2 Å². The van der Waals surface area contributed by atoms with Crippen molar-refractivity contribution in [1.82, 2.24) is 5.32 Å². The van der Waals surface area contributed by atoms with Gasteiger partial charge in [-0.15, -0.1) is 0 Å². The zero-order valence-electron chi connectivity index (χ0n) is 11.3. The maximum absolute atomic E-state index is 12.7. The molecule has 0 saturated heterocycles. The summed E-state index contributed by atoms with van der Waals surface area (Å²) < 4.78 is 38.0. The topological polar surface area (TPSA) is 15.3 Å². The van der Waals surface area contributed by atoms with E-state index in [9.17, 15) is 13.2 Å². The molecule has 0 aromatic heterocycles. The third-order valence-corrected chi connectivity index (χ3v) is 3.60. The number of benzene rings is 1. The molecule has 2 nitrogen and oxygen atoms in total. The summed E-state index contributed by atoms with van der Waals surface area (Å²) in [6.07, 6.45) is -1.97. The van der Waals surface area contributed by atoms with Crippen LogP contribution in [0.15, 0.2) is 18.2 Å². The van der Waals surface area contributed by atoms with E-state index in [4.69, 9.17) is 11.6 Å². The molecule has 6 heteroatoms. The van der Waals surface area contributed by atoms with Gasteiger partial charge in [0.05, 0.1) is 10.7 Å². The highest BCUT2D eigenvalue weighted by molar-refractivity contribution is 6.33. The number of anilines is 1. The molecule has 0 unspecified atom stereocenters. The summed E-state index contributed by atoms with van der Waals surface area (Å²) in [5.41, 5.74) is 1.30. The molecule has 0 bridgehead atoms. The lowest BCUT2D eigenvalue weighted by atomic mass is 10.1. The minimum absolute atomic E-state index is 0.264. The van der Waals surface area contributed by atoms with Gasteiger partial charge in [0.15, 0.2) is 0 Å². The Morgan fingerprint density at radius 3 is 2.60 bits per heavy atom. The van der Waals surface area contributed by atoms with Gasteiger partial charge in [0.1, 0.15) is 6.54 Å². The fourth-order valence-corrected chi connectivity index (χ4v) is 2.48. The predicted molar refractivity (Wildman–Crippen MR) is 75.3 cm³/mol. The Morgan fingerprint density at radius 1 is 1.35 bits per heavy atom. The molecule has 1 fully saturated rings. The first-order valence-electron chi connectivity index (χ1n) is 6.73. The van der Waals surface area contributed by atoms with E-state index in [2.05, 4.69) is 5.32 Å². The lowest BCUT2D eigenvalue weighted by Crippen LogP contribution is -2.35. The number of hydrogen-bond acceptors (Lipinski definition) is 2. The maximum Gasteiger partial charge on any atom is 0.405 e. The molecular formula is C14H18ClF3N2. The summed E-state index contributed by atoms with van der Waals surface area (Å²) >= 11 is 6.13. The van der Waals surface area contributed by atoms with Gasteiger partial charge in [-0.05, 0) is 31.4 Å². The first-order chi connectivity index (χ1) is 9.40. The first-order valence-corrected chi connectivity index (χ1v) is 7.11. The van der Waals surface area contributed by atoms with Crippen LogP contribution in [0.1, 0.15) is 25.3 Å². The average Bonchev–Trinajstić information content (AvgIpc) is 3.17. The second kappa shape index (κ2) is 6.22. The van der Waals surface area contributed by atoms with Crippen molar-refractivity contribution in [1.29, 1.82) is 0 Å². The van der Waals surface area contributed by atoms with Crippen molar-refractivity contribution in [2.45, 2.75) is 38.5 Å². The molecule has 0 amide bonds. The number of nitrogens with one attached hydrogen (secondary N) is 1.